The molecule has 4 aliphatic rings. The van der Waals surface area contributed by atoms with Crippen LogP contribution in [-0.4, -0.2) is 52.3 Å². The van der Waals surface area contributed by atoms with Crippen molar-refractivity contribution in [1.82, 2.24) is 15.0 Å². The van der Waals surface area contributed by atoms with Gasteiger partial charge in [0.2, 0.25) is 0 Å². The van der Waals surface area contributed by atoms with Gasteiger partial charge in [0.25, 0.3) is 0 Å². The quantitative estimate of drug-likeness (QED) is 0.554. The first kappa shape index (κ1) is 26.2. The summed E-state index contributed by atoms with van der Waals surface area (Å²) in [6.07, 6.45) is 8.46. The maximum atomic E-state index is 13.9. The van der Waals surface area contributed by atoms with Crippen LogP contribution >= 0.6 is 0 Å². The molecule has 0 radical (unpaired) electrons. The fourth-order valence-corrected chi connectivity index (χ4v) is 9.97. The molecule has 1 heterocycles. The van der Waals surface area contributed by atoms with E-state index in [0.29, 0.717) is 35.4 Å². The Hall–Kier alpha value is -1.99. The van der Waals surface area contributed by atoms with Crippen molar-refractivity contribution in [2.24, 2.45) is 46.3 Å². The smallest absolute Gasteiger partial charge is 0.157 e. The van der Waals surface area contributed by atoms with Crippen molar-refractivity contribution in [2.75, 3.05) is 20.8 Å². The lowest BCUT2D eigenvalue weighted by Gasteiger charge is -2.64. The maximum absolute atomic E-state index is 13.9. The summed E-state index contributed by atoms with van der Waals surface area (Å²) in [5, 5.41) is 19.6. The second-order valence-corrected chi connectivity index (χ2v) is 13.9. The minimum atomic E-state index is -0.542. The molecule has 1 aromatic carbocycles. The van der Waals surface area contributed by atoms with Gasteiger partial charge in [0.05, 0.1) is 18.2 Å². The number of nitrogens with zero attached hydrogens (tertiary/aromatic N) is 3. The van der Waals surface area contributed by atoms with Crippen LogP contribution in [-0.2, 0) is 16.1 Å². The predicted octanol–water partition coefficient (Wildman–Crippen LogP) is 5.29. The minimum absolute atomic E-state index is 0.0210. The summed E-state index contributed by atoms with van der Waals surface area (Å²) in [5.41, 5.74) is 1.39. The number of methoxy groups -OCH3 is 2. The molecule has 0 unspecified atom stereocenters. The molecule has 0 saturated heterocycles. The van der Waals surface area contributed by atoms with E-state index in [1.165, 1.54) is 6.42 Å². The number of ether oxygens (including phenoxy) is 2. The van der Waals surface area contributed by atoms with E-state index in [-0.39, 0.29) is 23.3 Å². The summed E-state index contributed by atoms with van der Waals surface area (Å²) < 4.78 is 12.9. The van der Waals surface area contributed by atoms with E-state index in [0.717, 1.165) is 68.3 Å². The number of benzene rings is 1. The van der Waals surface area contributed by atoms with Crippen molar-refractivity contribution in [2.45, 2.75) is 84.3 Å². The highest BCUT2D eigenvalue weighted by Gasteiger charge is 2.63. The third kappa shape index (κ3) is 4.02. The fourth-order valence-electron chi connectivity index (χ4n) is 9.97. The van der Waals surface area contributed by atoms with E-state index in [2.05, 4.69) is 24.2 Å². The Balaban J connectivity index is 1.25. The lowest BCUT2D eigenvalue weighted by atomic mass is 9.42. The SMILES string of the molecule is COC[C@@H]1C[C@H]2C[C@](C)(O)CC[C@]2(C)[C@H]2CC[C@]3(C)[C@@H](C(=O)Cn4nnc5cc(OC)ccc54)CC[C@H]3[C@H]12. The average Bonchev–Trinajstić information content (AvgIpc) is 3.45. The summed E-state index contributed by atoms with van der Waals surface area (Å²) in [4.78, 5) is 13.9. The largest absolute Gasteiger partial charge is 0.497 e. The third-order valence-electron chi connectivity index (χ3n) is 11.9. The number of carbonyl (C=O) groups is 1. The van der Waals surface area contributed by atoms with E-state index < -0.39 is 5.60 Å². The van der Waals surface area contributed by atoms with Crippen molar-refractivity contribution in [3.05, 3.63) is 18.2 Å². The van der Waals surface area contributed by atoms with Gasteiger partial charge in [-0.15, -0.1) is 5.10 Å². The average molecular weight is 524 g/mol. The molecule has 4 fully saturated rings. The zero-order valence-electron chi connectivity index (χ0n) is 23.8. The third-order valence-corrected chi connectivity index (χ3v) is 11.9. The van der Waals surface area contributed by atoms with Crippen LogP contribution < -0.4 is 4.74 Å². The number of hydrogen-bond donors (Lipinski definition) is 1. The molecule has 7 heteroatoms. The Bertz CT molecular complexity index is 1210. The van der Waals surface area contributed by atoms with Crippen molar-refractivity contribution in [1.29, 1.82) is 0 Å². The van der Waals surface area contributed by atoms with E-state index in [4.69, 9.17) is 9.47 Å². The van der Waals surface area contributed by atoms with Gasteiger partial charge in [-0.1, -0.05) is 19.1 Å². The number of aliphatic hydroxyl groups is 1. The van der Waals surface area contributed by atoms with Crippen LogP contribution in [0.15, 0.2) is 18.2 Å². The summed E-state index contributed by atoms with van der Waals surface area (Å²) in [6, 6.07) is 5.72. The van der Waals surface area contributed by atoms with Crippen LogP contribution in [0.3, 0.4) is 0 Å². The molecule has 1 N–H and O–H groups in total. The number of aromatic nitrogens is 3. The van der Waals surface area contributed by atoms with Crippen molar-refractivity contribution in [3.63, 3.8) is 0 Å². The van der Waals surface area contributed by atoms with E-state index in [9.17, 15) is 9.90 Å². The maximum Gasteiger partial charge on any atom is 0.157 e. The summed E-state index contributed by atoms with van der Waals surface area (Å²) in [7, 11) is 3.48. The van der Waals surface area contributed by atoms with Gasteiger partial charge in [0.1, 0.15) is 17.8 Å². The number of ketones is 1. The summed E-state index contributed by atoms with van der Waals surface area (Å²) in [6.45, 7) is 8.04. The van der Waals surface area contributed by atoms with Gasteiger partial charge in [-0.25, -0.2) is 4.68 Å². The molecule has 0 aliphatic heterocycles. The van der Waals surface area contributed by atoms with E-state index in [1.54, 1.807) is 11.8 Å². The molecule has 9 atom stereocenters. The number of carbonyl (C=O) groups excluding carboxylic acids is 1. The molecule has 0 bridgehead atoms. The lowest BCUT2D eigenvalue weighted by Crippen LogP contribution is -2.59. The summed E-state index contributed by atoms with van der Waals surface area (Å²) in [5.74, 6) is 3.95. The Labute approximate surface area is 226 Å². The van der Waals surface area contributed by atoms with Crippen molar-refractivity contribution >= 4 is 16.8 Å². The summed E-state index contributed by atoms with van der Waals surface area (Å²) >= 11 is 0. The predicted molar refractivity (Wildman–Crippen MR) is 146 cm³/mol. The topological polar surface area (TPSA) is 86.5 Å². The Morgan fingerprint density at radius 3 is 2.63 bits per heavy atom. The fraction of sp³-hybridized carbons (Fsp3) is 0.774. The van der Waals surface area contributed by atoms with Crippen LogP contribution in [0.25, 0.3) is 11.0 Å². The first-order valence-electron chi connectivity index (χ1n) is 14.7. The van der Waals surface area contributed by atoms with Gasteiger partial charge in [-0.05, 0) is 111 Å². The number of hydrogen-bond acceptors (Lipinski definition) is 6. The minimum Gasteiger partial charge on any atom is -0.497 e. The molecule has 0 amide bonds. The van der Waals surface area contributed by atoms with E-state index in [1.807, 2.05) is 32.2 Å². The number of Topliss-reactive ketones (excluding diaryl/α,β-unsaturated/α-hetero) is 1. The molecule has 4 saturated carbocycles. The van der Waals surface area contributed by atoms with Gasteiger partial charge >= 0.3 is 0 Å². The molecule has 1 aromatic heterocycles. The molecule has 2 aromatic rings. The first-order chi connectivity index (χ1) is 18.1. The van der Waals surface area contributed by atoms with Crippen LogP contribution in [0.1, 0.15) is 72.1 Å². The highest BCUT2D eigenvalue weighted by atomic mass is 16.5. The van der Waals surface area contributed by atoms with Crippen LogP contribution in [0.5, 0.6) is 5.75 Å². The number of fused-ring (bicyclic) bond motifs is 6. The molecule has 38 heavy (non-hydrogen) atoms. The van der Waals surface area contributed by atoms with Crippen LogP contribution in [0.2, 0.25) is 0 Å². The molecule has 208 valence electrons. The normalized spacial score (nSPS) is 42.4. The Kier molecular flexibility index (Phi) is 6.42. The molecule has 4 aliphatic carbocycles. The Morgan fingerprint density at radius 1 is 1.08 bits per heavy atom. The molecular weight excluding hydrogens is 478 g/mol. The van der Waals surface area contributed by atoms with E-state index >= 15 is 0 Å². The van der Waals surface area contributed by atoms with Crippen molar-refractivity contribution in [3.8, 4) is 5.75 Å². The molecule has 7 nitrogen and oxygen atoms in total. The number of rotatable bonds is 6. The molecule has 0 spiro atoms. The first-order valence-corrected chi connectivity index (χ1v) is 14.7. The lowest BCUT2D eigenvalue weighted by molar-refractivity contribution is -0.175. The van der Waals surface area contributed by atoms with Gasteiger partial charge < -0.3 is 14.6 Å². The van der Waals surface area contributed by atoms with Gasteiger partial charge in [0, 0.05) is 25.7 Å². The van der Waals surface area contributed by atoms with Gasteiger partial charge in [0.15, 0.2) is 5.78 Å². The second-order valence-electron chi connectivity index (χ2n) is 13.9. The van der Waals surface area contributed by atoms with Crippen LogP contribution in [0, 0.1) is 46.3 Å². The Morgan fingerprint density at radius 2 is 1.87 bits per heavy atom. The van der Waals surface area contributed by atoms with Crippen molar-refractivity contribution < 1.29 is 19.4 Å². The van der Waals surface area contributed by atoms with Gasteiger partial charge in [-0.3, -0.25) is 4.79 Å². The zero-order valence-corrected chi connectivity index (χ0v) is 23.8. The highest BCUT2D eigenvalue weighted by Crippen LogP contribution is 2.69. The second kappa shape index (κ2) is 9.29. The highest BCUT2D eigenvalue weighted by molar-refractivity contribution is 5.84. The van der Waals surface area contributed by atoms with Gasteiger partial charge in [-0.2, -0.15) is 0 Å². The standard InChI is InChI=1S/C31H45N3O4/c1-29(36)12-13-30(2)20(16-29)14-19(18-37-4)28-23-8-7-22(31(23,3)11-10-24(28)30)27(35)17-34-26-9-6-21(38-5)15-25(26)32-33-34/h6,9,15,19-20,22-24,28,36H,7-8,10-14,16-18H2,1-5H3/t19-,20-,22+,23-,24-,28-,29+,30-,31+/m0/s1. The zero-order chi connectivity index (χ0) is 26.9. The van der Waals surface area contributed by atoms with Crippen LogP contribution in [0.4, 0.5) is 0 Å². The molecular formula is C31H45N3O4. The molecule has 6 rings (SSSR count). The monoisotopic (exact) mass is 523 g/mol.